The first-order chi connectivity index (χ1) is 8.58. The van der Waals surface area contributed by atoms with Crippen LogP contribution in [0.25, 0.3) is 0 Å². The summed E-state index contributed by atoms with van der Waals surface area (Å²) >= 11 is 0. The van der Waals surface area contributed by atoms with E-state index in [4.69, 9.17) is 15.2 Å². The molecule has 2 rings (SSSR count). The quantitative estimate of drug-likeness (QED) is 0.892. The van der Waals surface area contributed by atoms with Gasteiger partial charge < -0.3 is 15.2 Å². The van der Waals surface area contributed by atoms with E-state index in [1.165, 1.54) is 25.3 Å². The van der Waals surface area contributed by atoms with Crippen LogP contribution in [0.4, 0.5) is 10.3 Å². The van der Waals surface area contributed by atoms with E-state index < -0.39 is 0 Å². The number of ether oxygens (including phenoxy) is 2. The molecule has 0 saturated carbocycles. The lowest BCUT2D eigenvalue weighted by Crippen LogP contribution is -2.03. The van der Waals surface area contributed by atoms with E-state index in [-0.39, 0.29) is 23.8 Å². The number of rotatable bonds is 3. The Morgan fingerprint density at radius 2 is 1.89 bits per heavy atom. The largest absolute Gasteiger partial charge is 0.467 e. The minimum Gasteiger partial charge on any atom is -0.467 e. The van der Waals surface area contributed by atoms with Crippen LogP contribution < -0.4 is 15.2 Å². The predicted molar refractivity (Wildman–Crippen MR) is 62.0 cm³/mol. The third-order valence-electron chi connectivity index (χ3n) is 2.13. The van der Waals surface area contributed by atoms with Crippen LogP contribution >= 0.6 is 0 Å². The first-order valence-electron chi connectivity index (χ1n) is 5.08. The van der Waals surface area contributed by atoms with Gasteiger partial charge in [-0.1, -0.05) is 0 Å². The zero-order valence-electron chi connectivity index (χ0n) is 9.85. The SMILES string of the molecule is COc1nc(N)nc(Oc2ccc(F)cc2C)n1. The molecule has 1 heterocycles. The highest BCUT2D eigenvalue weighted by Gasteiger charge is 2.08. The number of aromatic nitrogens is 3. The van der Waals surface area contributed by atoms with E-state index >= 15 is 0 Å². The number of nitrogen functional groups attached to an aromatic ring is 1. The van der Waals surface area contributed by atoms with Crippen LogP contribution in [0.3, 0.4) is 0 Å². The van der Waals surface area contributed by atoms with E-state index in [1.54, 1.807) is 6.92 Å². The van der Waals surface area contributed by atoms with Gasteiger partial charge in [0.25, 0.3) is 0 Å². The maximum absolute atomic E-state index is 12.9. The summed E-state index contributed by atoms with van der Waals surface area (Å²) in [5.41, 5.74) is 6.09. The van der Waals surface area contributed by atoms with Gasteiger partial charge in [-0.15, -0.1) is 4.98 Å². The molecule has 0 aliphatic rings. The zero-order valence-corrected chi connectivity index (χ0v) is 9.85. The van der Waals surface area contributed by atoms with Gasteiger partial charge >= 0.3 is 12.0 Å². The Labute approximate surface area is 103 Å². The number of nitrogens with zero attached hydrogens (tertiary/aromatic N) is 3. The fourth-order valence-electron chi connectivity index (χ4n) is 1.32. The van der Waals surface area contributed by atoms with E-state index in [2.05, 4.69) is 15.0 Å². The molecule has 0 aliphatic heterocycles. The Morgan fingerprint density at radius 1 is 1.17 bits per heavy atom. The summed E-state index contributed by atoms with van der Waals surface area (Å²) in [4.78, 5) is 11.4. The number of anilines is 1. The summed E-state index contributed by atoms with van der Waals surface area (Å²) in [7, 11) is 1.40. The summed E-state index contributed by atoms with van der Waals surface area (Å²) < 4.78 is 23.2. The lowest BCUT2D eigenvalue weighted by atomic mass is 10.2. The molecule has 0 radical (unpaired) electrons. The molecule has 0 unspecified atom stereocenters. The van der Waals surface area contributed by atoms with Gasteiger partial charge in [0, 0.05) is 0 Å². The third-order valence-corrected chi connectivity index (χ3v) is 2.13. The Kier molecular flexibility index (Phi) is 3.22. The molecule has 2 N–H and O–H groups in total. The average Bonchev–Trinajstić information content (AvgIpc) is 2.32. The van der Waals surface area contributed by atoms with Crippen molar-refractivity contribution in [3.8, 4) is 17.8 Å². The van der Waals surface area contributed by atoms with Crippen LogP contribution in [0.2, 0.25) is 0 Å². The highest BCUT2D eigenvalue weighted by atomic mass is 19.1. The van der Waals surface area contributed by atoms with Gasteiger partial charge in [0.15, 0.2) is 0 Å². The van der Waals surface area contributed by atoms with Crippen molar-refractivity contribution in [1.29, 1.82) is 0 Å². The monoisotopic (exact) mass is 250 g/mol. The van der Waals surface area contributed by atoms with Crippen molar-refractivity contribution in [3.63, 3.8) is 0 Å². The van der Waals surface area contributed by atoms with Crippen LogP contribution in [-0.4, -0.2) is 22.1 Å². The molecule has 0 fully saturated rings. The summed E-state index contributed by atoms with van der Waals surface area (Å²) in [6, 6.07) is 4.16. The second kappa shape index (κ2) is 4.82. The standard InChI is InChI=1S/C11H11FN4O2/c1-6-5-7(12)3-4-8(6)18-11-15-9(13)14-10(16-11)17-2/h3-5H,1-2H3,(H2,13,14,15,16). The Hall–Kier alpha value is -2.44. The van der Waals surface area contributed by atoms with Gasteiger partial charge in [0.1, 0.15) is 11.6 Å². The number of halogens is 1. The van der Waals surface area contributed by atoms with Crippen molar-refractivity contribution in [2.24, 2.45) is 0 Å². The van der Waals surface area contributed by atoms with Crippen LogP contribution in [0.15, 0.2) is 18.2 Å². The molecule has 1 aromatic carbocycles. The minimum absolute atomic E-state index is 0.00550. The molecule has 0 saturated heterocycles. The van der Waals surface area contributed by atoms with Crippen molar-refractivity contribution in [2.75, 3.05) is 12.8 Å². The average molecular weight is 250 g/mol. The summed E-state index contributed by atoms with van der Waals surface area (Å²) in [6.45, 7) is 1.71. The van der Waals surface area contributed by atoms with Crippen molar-refractivity contribution < 1.29 is 13.9 Å². The summed E-state index contributed by atoms with van der Waals surface area (Å²) in [5, 5.41) is 0. The van der Waals surface area contributed by atoms with E-state index in [1.807, 2.05) is 0 Å². The smallest absolute Gasteiger partial charge is 0.330 e. The van der Waals surface area contributed by atoms with Gasteiger partial charge in [-0.05, 0) is 30.7 Å². The summed E-state index contributed by atoms with van der Waals surface area (Å²) in [5.74, 6) is 0.0771. The van der Waals surface area contributed by atoms with Crippen molar-refractivity contribution in [3.05, 3.63) is 29.6 Å². The highest BCUT2D eigenvalue weighted by Crippen LogP contribution is 2.24. The molecule has 1 aromatic heterocycles. The predicted octanol–water partition coefficient (Wildman–Crippen LogP) is 1.70. The molecular formula is C11H11FN4O2. The molecule has 94 valence electrons. The molecule has 18 heavy (non-hydrogen) atoms. The second-order valence-corrected chi connectivity index (χ2v) is 3.47. The molecule has 2 aromatic rings. The van der Waals surface area contributed by atoms with Crippen LogP contribution in [0.1, 0.15) is 5.56 Å². The topological polar surface area (TPSA) is 83.2 Å². The molecule has 0 bridgehead atoms. The Morgan fingerprint density at radius 3 is 2.56 bits per heavy atom. The number of nitrogens with two attached hydrogens (primary N) is 1. The van der Waals surface area contributed by atoms with Crippen molar-refractivity contribution in [2.45, 2.75) is 6.92 Å². The van der Waals surface area contributed by atoms with Crippen LogP contribution in [0, 0.1) is 12.7 Å². The maximum atomic E-state index is 12.9. The second-order valence-electron chi connectivity index (χ2n) is 3.47. The molecule has 0 atom stereocenters. The number of methoxy groups -OCH3 is 1. The number of benzene rings is 1. The molecule has 0 amide bonds. The van der Waals surface area contributed by atoms with E-state index in [0.29, 0.717) is 11.3 Å². The van der Waals surface area contributed by atoms with Gasteiger partial charge in [0.2, 0.25) is 5.95 Å². The fraction of sp³-hybridized carbons (Fsp3) is 0.182. The van der Waals surface area contributed by atoms with Gasteiger partial charge in [-0.3, -0.25) is 0 Å². The Bertz CT molecular complexity index is 577. The van der Waals surface area contributed by atoms with Crippen molar-refractivity contribution >= 4 is 5.95 Å². The minimum atomic E-state index is -0.340. The van der Waals surface area contributed by atoms with Crippen LogP contribution in [-0.2, 0) is 0 Å². The Balaban J connectivity index is 2.30. The number of hydrogen-bond donors (Lipinski definition) is 1. The highest BCUT2D eigenvalue weighted by molar-refractivity contribution is 5.35. The molecular weight excluding hydrogens is 239 g/mol. The third kappa shape index (κ3) is 2.62. The fourth-order valence-corrected chi connectivity index (χ4v) is 1.32. The molecule has 0 aliphatic carbocycles. The first-order valence-corrected chi connectivity index (χ1v) is 5.08. The number of aryl methyl sites for hydroxylation is 1. The molecule has 7 heteroatoms. The maximum Gasteiger partial charge on any atom is 0.330 e. The first kappa shape index (κ1) is 12.0. The van der Waals surface area contributed by atoms with E-state index in [0.717, 1.165) is 0 Å². The molecule has 0 spiro atoms. The number of hydrogen-bond acceptors (Lipinski definition) is 6. The normalized spacial score (nSPS) is 10.2. The van der Waals surface area contributed by atoms with Gasteiger partial charge in [0.05, 0.1) is 7.11 Å². The zero-order chi connectivity index (χ0) is 13.1. The van der Waals surface area contributed by atoms with Gasteiger partial charge in [-0.2, -0.15) is 9.97 Å². The van der Waals surface area contributed by atoms with Crippen molar-refractivity contribution in [1.82, 2.24) is 15.0 Å². The van der Waals surface area contributed by atoms with E-state index in [9.17, 15) is 4.39 Å². The summed E-state index contributed by atoms with van der Waals surface area (Å²) in [6.07, 6.45) is 0. The lowest BCUT2D eigenvalue weighted by molar-refractivity contribution is 0.359. The van der Waals surface area contributed by atoms with Gasteiger partial charge in [-0.25, -0.2) is 4.39 Å². The van der Waals surface area contributed by atoms with Crippen LogP contribution in [0.5, 0.6) is 17.8 Å². The lowest BCUT2D eigenvalue weighted by Gasteiger charge is -2.07. The molecule has 6 nitrogen and oxygen atoms in total.